The molecule has 9 nitrogen and oxygen atoms in total. The largest absolute Gasteiger partial charge is 0.433 e. The molecule has 0 radical (unpaired) electrons. The van der Waals surface area contributed by atoms with Gasteiger partial charge in [-0.2, -0.15) is 13.2 Å². The fourth-order valence-corrected chi connectivity index (χ4v) is 4.42. The van der Waals surface area contributed by atoms with Gasteiger partial charge in [-0.15, -0.1) is 0 Å². The van der Waals surface area contributed by atoms with E-state index in [1.165, 1.54) is 13.2 Å². The number of nitrogens with one attached hydrogen (secondary N) is 2. The Labute approximate surface area is 237 Å². The number of carbonyl (C=O) groups is 2. The van der Waals surface area contributed by atoms with E-state index in [1.807, 2.05) is 0 Å². The summed E-state index contributed by atoms with van der Waals surface area (Å²) < 4.78 is 43.8. The first kappa shape index (κ1) is 28.2. The molecule has 1 aliphatic rings. The number of carbonyl (C=O) groups excluding carboxylic acids is 2. The third-order valence-corrected chi connectivity index (χ3v) is 6.77. The van der Waals surface area contributed by atoms with Gasteiger partial charge in [0.1, 0.15) is 18.1 Å². The number of hydrogen-bond acceptors (Lipinski definition) is 7. The second-order valence-corrected chi connectivity index (χ2v) is 9.76. The number of methoxy groups -OCH3 is 1. The van der Waals surface area contributed by atoms with E-state index in [1.54, 1.807) is 36.4 Å². The van der Waals surface area contributed by atoms with Crippen LogP contribution in [-0.2, 0) is 22.3 Å². The van der Waals surface area contributed by atoms with E-state index >= 15 is 0 Å². The number of hydrogen-bond donors (Lipinski definition) is 2. The minimum Gasteiger partial charge on any atom is -0.375 e. The number of rotatable bonds is 8. The maximum atomic E-state index is 13.2. The summed E-state index contributed by atoms with van der Waals surface area (Å²) in [6, 6.07) is 12.2. The molecule has 2 aromatic carbocycles. The first-order chi connectivity index (χ1) is 19.6. The van der Waals surface area contributed by atoms with Crippen LogP contribution in [-0.4, -0.2) is 53.6 Å². The summed E-state index contributed by atoms with van der Waals surface area (Å²) in [5.74, 6) is 0.106. The molecule has 1 aliphatic heterocycles. The van der Waals surface area contributed by atoms with Crippen molar-refractivity contribution in [3.8, 4) is 11.4 Å². The topological polar surface area (TPSA) is 109 Å². The van der Waals surface area contributed by atoms with Gasteiger partial charge in [0.2, 0.25) is 5.91 Å². The van der Waals surface area contributed by atoms with E-state index in [-0.39, 0.29) is 35.5 Å². The number of anilines is 2. The molecule has 5 rings (SSSR count). The molecule has 2 amide bonds. The van der Waals surface area contributed by atoms with Gasteiger partial charge >= 0.3 is 6.18 Å². The van der Waals surface area contributed by atoms with E-state index in [9.17, 15) is 22.8 Å². The molecule has 212 valence electrons. The van der Waals surface area contributed by atoms with Crippen molar-refractivity contribution >= 4 is 45.8 Å². The molecule has 0 saturated carbocycles. The van der Waals surface area contributed by atoms with Gasteiger partial charge in [0.15, 0.2) is 5.82 Å². The monoisotopic (exact) mass is 584 g/mol. The molecule has 4 aromatic rings. The third-order valence-electron chi connectivity index (χ3n) is 6.44. The molecule has 0 atom stereocenters. The summed E-state index contributed by atoms with van der Waals surface area (Å²) in [4.78, 5) is 39.7. The van der Waals surface area contributed by atoms with Crippen LogP contribution in [0, 0.1) is 0 Å². The van der Waals surface area contributed by atoms with Crippen molar-refractivity contribution in [3.63, 3.8) is 0 Å². The molecule has 0 unspecified atom stereocenters. The minimum atomic E-state index is -4.56. The van der Waals surface area contributed by atoms with Crippen molar-refractivity contribution in [1.82, 2.24) is 20.3 Å². The minimum absolute atomic E-state index is 0.0803. The average molecular weight is 585 g/mol. The lowest BCUT2D eigenvalue weighted by Gasteiger charge is -2.33. The molecule has 13 heteroatoms. The Hall–Kier alpha value is -4.29. The van der Waals surface area contributed by atoms with Gasteiger partial charge < -0.3 is 20.3 Å². The number of aromatic nitrogens is 3. The van der Waals surface area contributed by atoms with Crippen molar-refractivity contribution in [1.29, 1.82) is 0 Å². The van der Waals surface area contributed by atoms with E-state index in [2.05, 4.69) is 30.5 Å². The molecule has 1 fully saturated rings. The Morgan fingerprint density at radius 2 is 1.88 bits per heavy atom. The number of halogens is 4. The van der Waals surface area contributed by atoms with Crippen molar-refractivity contribution in [2.24, 2.45) is 0 Å². The standard InChI is InChI=1S/C28H24ClF3N6O3/c1-41-15-24(39)34-13-16-3-7-21(29)20(11-16)27(40)35-18-5-6-19-22(12-18)36-25(37-26(19)38-9-2-10-38)17-4-8-23(33-14-17)28(30,31)32/h3-8,11-12,14H,2,9-10,13,15H2,1H3,(H,34,39)(H,35,40). The number of amides is 2. The maximum Gasteiger partial charge on any atom is 0.433 e. The zero-order valence-corrected chi connectivity index (χ0v) is 22.5. The molecule has 1 saturated heterocycles. The Morgan fingerprint density at radius 3 is 2.54 bits per heavy atom. The normalized spacial score (nSPS) is 13.1. The highest BCUT2D eigenvalue weighted by molar-refractivity contribution is 6.34. The summed E-state index contributed by atoms with van der Waals surface area (Å²) in [6.07, 6.45) is -2.46. The molecule has 3 heterocycles. The summed E-state index contributed by atoms with van der Waals surface area (Å²) in [5, 5.41) is 6.48. The van der Waals surface area contributed by atoms with Crippen molar-refractivity contribution in [2.45, 2.75) is 19.1 Å². The SMILES string of the molecule is COCC(=O)NCc1ccc(Cl)c(C(=O)Nc2ccc3c(N4CCC4)nc(-c4ccc(C(F)(F)F)nc4)nc3c2)c1. The Kier molecular flexibility index (Phi) is 8.04. The summed E-state index contributed by atoms with van der Waals surface area (Å²) >= 11 is 6.30. The number of ether oxygens (including phenoxy) is 1. The number of pyridine rings is 1. The molecule has 0 bridgehead atoms. The van der Waals surface area contributed by atoms with Gasteiger partial charge in [0.25, 0.3) is 5.91 Å². The van der Waals surface area contributed by atoms with Crippen LogP contribution in [0.2, 0.25) is 5.02 Å². The van der Waals surface area contributed by atoms with Crippen LogP contribution in [0.3, 0.4) is 0 Å². The van der Waals surface area contributed by atoms with Gasteiger partial charge in [0.05, 0.1) is 16.1 Å². The smallest absolute Gasteiger partial charge is 0.375 e. The zero-order chi connectivity index (χ0) is 29.1. The average Bonchev–Trinajstić information content (AvgIpc) is 2.91. The number of benzene rings is 2. The van der Waals surface area contributed by atoms with Crippen LogP contribution in [0.5, 0.6) is 0 Å². The van der Waals surface area contributed by atoms with Crippen LogP contribution < -0.4 is 15.5 Å². The number of fused-ring (bicyclic) bond motifs is 1. The molecule has 2 aromatic heterocycles. The van der Waals surface area contributed by atoms with Crippen LogP contribution in [0.4, 0.5) is 24.7 Å². The van der Waals surface area contributed by atoms with Crippen molar-refractivity contribution < 1.29 is 27.5 Å². The molecule has 41 heavy (non-hydrogen) atoms. The highest BCUT2D eigenvalue weighted by atomic mass is 35.5. The van der Waals surface area contributed by atoms with Crippen LogP contribution in [0.1, 0.15) is 28.0 Å². The van der Waals surface area contributed by atoms with E-state index < -0.39 is 17.8 Å². The van der Waals surface area contributed by atoms with E-state index in [0.717, 1.165) is 37.2 Å². The predicted octanol–water partition coefficient (Wildman–Crippen LogP) is 5.09. The Bertz CT molecular complexity index is 1610. The van der Waals surface area contributed by atoms with E-state index in [4.69, 9.17) is 16.3 Å². The van der Waals surface area contributed by atoms with Crippen molar-refractivity contribution in [3.05, 3.63) is 76.6 Å². The summed E-state index contributed by atoms with van der Waals surface area (Å²) in [5.41, 5.74) is 1.14. The molecule has 2 N–H and O–H groups in total. The van der Waals surface area contributed by atoms with Gasteiger partial charge in [0, 0.05) is 49.6 Å². The summed E-state index contributed by atoms with van der Waals surface area (Å²) in [7, 11) is 1.42. The number of nitrogens with zero attached hydrogens (tertiary/aromatic N) is 4. The van der Waals surface area contributed by atoms with E-state index in [0.29, 0.717) is 28.1 Å². The summed E-state index contributed by atoms with van der Waals surface area (Å²) in [6.45, 7) is 1.68. The van der Waals surface area contributed by atoms with Gasteiger partial charge in [-0.3, -0.25) is 14.6 Å². The predicted molar refractivity (Wildman–Crippen MR) is 148 cm³/mol. The third kappa shape index (κ3) is 6.39. The first-order valence-corrected chi connectivity index (χ1v) is 13.0. The van der Waals surface area contributed by atoms with Crippen LogP contribution >= 0.6 is 11.6 Å². The van der Waals surface area contributed by atoms with Crippen LogP contribution in [0.15, 0.2) is 54.7 Å². The lowest BCUT2D eigenvalue weighted by Crippen LogP contribution is -2.37. The fraction of sp³-hybridized carbons (Fsp3) is 0.250. The lowest BCUT2D eigenvalue weighted by molar-refractivity contribution is -0.141. The molecular weight excluding hydrogens is 561 g/mol. The molecule has 0 aliphatic carbocycles. The Morgan fingerprint density at radius 1 is 1.07 bits per heavy atom. The maximum absolute atomic E-state index is 13.2. The first-order valence-electron chi connectivity index (χ1n) is 12.6. The zero-order valence-electron chi connectivity index (χ0n) is 21.8. The highest BCUT2D eigenvalue weighted by Crippen LogP contribution is 2.33. The quantitative estimate of drug-likeness (QED) is 0.297. The van der Waals surface area contributed by atoms with Gasteiger partial charge in [-0.05, 0) is 54.4 Å². The fourth-order valence-electron chi connectivity index (χ4n) is 4.22. The van der Waals surface area contributed by atoms with Crippen LogP contribution in [0.25, 0.3) is 22.3 Å². The lowest BCUT2D eigenvalue weighted by atomic mass is 10.1. The van der Waals surface area contributed by atoms with Gasteiger partial charge in [-0.1, -0.05) is 17.7 Å². The second kappa shape index (κ2) is 11.7. The van der Waals surface area contributed by atoms with Crippen molar-refractivity contribution in [2.75, 3.05) is 37.0 Å². The highest BCUT2D eigenvalue weighted by Gasteiger charge is 2.32. The second-order valence-electron chi connectivity index (χ2n) is 9.35. The Balaban J connectivity index is 1.43. The molecular formula is C28H24ClF3N6O3. The molecule has 0 spiro atoms. The number of alkyl halides is 3. The van der Waals surface area contributed by atoms with Gasteiger partial charge in [-0.25, -0.2) is 9.97 Å².